The van der Waals surface area contributed by atoms with Crippen molar-refractivity contribution in [3.8, 4) is 5.75 Å². The topological polar surface area (TPSA) is 30.5 Å². The van der Waals surface area contributed by atoms with E-state index in [9.17, 15) is 0 Å². The second-order valence-corrected chi connectivity index (χ2v) is 5.44. The predicted molar refractivity (Wildman–Crippen MR) is 82.8 cm³/mol. The Morgan fingerprint density at radius 3 is 2.74 bits per heavy atom. The second-order valence-electron chi connectivity index (χ2n) is 4.53. The molecule has 0 saturated heterocycles. The van der Waals surface area contributed by atoms with Gasteiger partial charge in [0.25, 0.3) is 0 Å². The van der Waals surface area contributed by atoms with Crippen LogP contribution in [0.15, 0.2) is 22.7 Å². The van der Waals surface area contributed by atoms with Crippen molar-refractivity contribution in [2.24, 2.45) is 0 Å². The molecule has 0 fully saturated rings. The van der Waals surface area contributed by atoms with Gasteiger partial charge in [-0.05, 0) is 37.9 Å². The third kappa shape index (κ3) is 5.51. The fourth-order valence-electron chi connectivity index (χ4n) is 2.09. The number of benzene rings is 1. The van der Waals surface area contributed by atoms with Crippen LogP contribution >= 0.6 is 15.9 Å². The molecule has 0 aliphatic rings. The van der Waals surface area contributed by atoms with Crippen LogP contribution in [0.25, 0.3) is 0 Å². The zero-order chi connectivity index (χ0) is 14.1. The minimum Gasteiger partial charge on any atom is -0.496 e. The summed E-state index contributed by atoms with van der Waals surface area (Å²) in [6.45, 7) is 3.98. The first kappa shape index (κ1) is 16.5. The van der Waals surface area contributed by atoms with Gasteiger partial charge in [0.1, 0.15) is 5.75 Å². The molecule has 0 amide bonds. The number of ether oxygens (including phenoxy) is 2. The SMILES string of the molecule is CCCNC(CCCOC)c1ccc(Br)cc1OC. The highest BCUT2D eigenvalue weighted by molar-refractivity contribution is 9.10. The lowest BCUT2D eigenvalue weighted by Gasteiger charge is -2.21. The van der Waals surface area contributed by atoms with Crippen LogP contribution in [0.2, 0.25) is 0 Å². The van der Waals surface area contributed by atoms with E-state index in [1.165, 1.54) is 5.56 Å². The molecule has 0 bridgehead atoms. The van der Waals surface area contributed by atoms with Gasteiger partial charge in [-0.25, -0.2) is 0 Å². The van der Waals surface area contributed by atoms with Crippen LogP contribution in [-0.2, 0) is 4.74 Å². The molecule has 1 aromatic rings. The highest BCUT2D eigenvalue weighted by atomic mass is 79.9. The summed E-state index contributed by atoms with van der Waals surface area (Å²) < 4.78 is 11.7. The van der Waals surface area contributed by atoms with Crippen molar-refractivity contribution in [3.05, 3.63) is 28.2 Å². The lowest BCUT2D eigenvalue weighted by Crippen LogP contribution is -2.23. The Balaban J connectivity index is 2.82. The maximum absolute atomic E-state index is 5.49. The van der Waals surface area contributed by atoms with Gasteiger partial charge in [0, 0.05) is 29.8 Å². The Labute approximate surface area is 124 Å². The van der Waals surface area contributed by atoms with Crippen LogP contribution in [-0.4, -0.2) is 27.4 Å². The predicted octanol–water partition coefficient (Wildman–Crippen LogP) is 3.93. The molecule has 1 unspecified atom stereocenters. The van der Waals surface area contributed by atoms with Crippen LogP contribution in [0, 0.1) is 0 Å². The number of hydrogen-bond acceptors (Lipinski definition) is 3. The molecule has 0 heterocycles. The molecule has 19 heavy (non-hydrogen) atoms. The van der Waals surface area contributed by atoms with Gasteiger partial charge < -0.3 is 14.8 Å². The minimum atomic E-state index is 0.318. The maximum Gasteiger partial charge on any atom is 0.124 e. The lowest BCUT2D eigenvalue weighted by molar-refractivity contribution is 0.188. The molecule has 0 aliphatic heterocycles. The summed E-state index contributed by atoms with van der Waals surface area (Å²) in [5.74, 6) is 0.931. The van der Waals surface area contributed by atoms with E-state index in [-0.39, 0.29) is 0 Å². The highest BCUT2D eigenvalue weighted by Crippen LogP contribution is 2.30. The summed E-state index contributed by atoms with van der Waals surface area (Å²) in [7, 11) is 3.46. The van der Waals surface area contributed by atoms with Crippen molar-refractivity contribution >= 4 is 15.9 Å². The van der Waals surface area contributed by atoms with Crippen LogP contribution in [0.1, 0.15) is 37.8 Å². The third-order valence-corrected chi connectivity index (χ3v) is 3.55. The zero-order valence-corrected chi connectivity index (χ0v) is 13.6. The normalized spacial score (nSPS) is 12.4. The summed E-state index contributed by atoms with van der Waals surface area (Å²) in [6, 6.07) is 6.53. The van der Waals surface area contributed by atoms with E-state index in [0.717, 1.165) is 42.6 Å². The summed E-state index contributed by atoms with van der Waals surface area (Å²) >= 11 is 3.48. The molecule has 1 aromatic carbocycles. The first-order valence-corrected chi connectivity index (χ1v) is 7.58. The molecule has 0 aliphatic carbocycles. The number of nitrogens with one attached hydrogen (secondary N) is 1. The summed E-state index contributed by atoms with van der Waals surface area (Å²) in [4.78, 5) is 0. The molecule has 0 spiro atoms. The molecular weight excluding hydrogens is 306 g/mol. The largest absolute Gasteiger partial charge is 0.496 e. The minimum absolute atomic E-state index is 0.318. The van der Waals surface area contributed by atoms with Crippen molar-refractivity contribution in [1.29, 1.82) is 0 Å². The molecule has 0 aromatic heterocycles. The molecule has 4 heteroatoms. The average molecular weight is 330 g/mol. The Hall–Kier alpha value is -0.580. The van der Waals surface area contributed by atoms with Crippen molar-refractivity contribution in [2.45, 2.75) is 32.2 Å². The van der Waals surface area contributed by atoms with E-state index >= 15 is 0 Å². The first-order chi connectivity index (χ1) is 9.22. The van der Waals surface area contributed by atoms with Gasteiger partial charge in [-0.15, -0.1) is 0 Å². The Morgan fingerprint density at radius 2 is 2.11 bits per heavy atom. The standard InChI is InChI=1S/C15H24BrNO2/c1-4-9-17-14(6-5-10-18-2)13-8-7-12(16)11-15(13)19-3/h7-8,11,14,17H,4-6,9-10H2,1-3H3. The molecular formula is C15H24BrNO2. The molecule has 1 rings (SSSR count). The molecule has 1 N–H and O–H groups in total. The van der Waals surface area contributed by atoms with Crippen molar-refractivity contribution in [2.75, 3.05) is 27.4 Å². The summed E-state index contributed by atoms with van der Waals surface area (Å²) in [5, 5.41) is 3.59. The van der Waals surface area contributed by atoms with E-state index in [0.29, 0.717) is 6.04 Å². The first-order valence-electron chi connectivity index (χ1n) is 6.78. The third-order valence-electron chi connectivity index (χ3n) is 3.05. The van der Waals surface area contributed by atoms with Crippen molar-refractivity contribution in [3.63, 3.8) is 0 Å². The van der Waals surface area contributed by atoms with E-state index in [1.807, 2.05) is 6.07 Å². The van der Waals surface area contributed by atoms with E-state index in [4.69, 9.17) is 9.47 Å². The quantitative estimate of drug-likeness (QED) is 0.696. The van der Waals surface area contributed by atoms with Crippen LogP contribution < -0.4 is 10.1 Å². The van der Waals surface area contributed by atoms with E-state index in [2.05, 4.69) is 40.3 Å². The number of halogens is 1. The fourth-order valence-corrected chi connectivity index (χ4v) is 2.43. The highest BCUT2D eigenvalue weighted by Gasteiger charge is 2.15. The Morgan fingerprint density at radius 1 is 1.32 bits per heavy atom. The molecule has 0 radical (unpaired) electrons. The van der Waals surface area contributed by atoms with Gasteiger partial charge in [0.2, 0.25) is 0 Å². The lowest BCUT2D eigenvalue weighted by atomic mass is 10.0. The van der Waals surface area contributed by atoms with E-state index in [1.54, 1.807) is 14.2 Å². The van der Waals surface area contributed by atoms with Gasteiger partial charge in [-0.2, -0.15) is 0 Å². The van der Waals surface area contributed by atoms with Crippen molar-refractivity contribution in [1.82, 2.24) is 5.32 Å². The van der Waals surface area contributed by atoms with Gasteiger partial charge in [0.05, 0.1) is 7.11 Å². The summed E-state index contributed by atoms with van der Waals surface area (Å²) in [5.41, 5.74) is 1.22. The van der Waals surface area contributed by atoms with Gasteiger partial charge in [0.15, 0.2) is 0 Å². The van der Waals surface area contributed by atoms with Gasteiger partial charge in [-0.3, -0.25) is 0 Å². The van der Waals surface area contributed by atoms with E-state index < -0.39 is 0 Å². The molecule has 3 nitrogen and oxygen atoms in total. The zero-order valence-electron chi connectivity index (χ0n) is 12.0. The fraction of sp³-hybridized carbons (Fsp3) is 0.600. The monoisotopic (exact) mass is 329 g/mol. The van der Waals surface area contributed by atoms with Gasteiger partial charge in [-0.1, -0.05) is 28.9 Å². The second kappa shape index (κ2) is 9.34. The Kier molecular flexibility index (Phi) is 8.10. The van der Waals surface area contributed by atoms with Crippen molar-refractivity contribution < 1.29 is 9.47 Å². The molecule has 1 atom stereocenters. The van der Waals surface area contributed by atoms with Crippen LogP contribution in [0.4, 0.5) is 0 Å². The Bertz CT molecular complexity index is 371. The van der Waals surface area contributed by atoms with Crippen LogP contribution in [0.3, 0.4) is 0 Å². The maximum atomic E-state index is 5.49. The average Bonchev–Trinajstić information content (AvgIpc) is 2.43. The molecule has 108 valence electrons. The number of hydrogen-bond donors (Lipinski definition) is 1. The summed E-state index contributed by atoms with van der Waals surface area (Å²) in [6.07, 6.45) is 3.21. The smallest absolute Gasteiger partial charge is 0.124 e. The number of methoxy groups -OCH3 is 2. The molecule has 0 saturated carbocycles. The van der Waals surface area contributed by atoms with Crippen LogP contribution in [0.5, 0.6) is 5.75 Å². The number of rotatable bonds is 9. The van der Waals surface area contributed by atoms with Gasteiger partial charge >= 0.3 is 0 Å².